The summed E-state index contributed by atoms with van der Waals surface area (Å²) in [6.07, 6.45) is 1.44. The number of amidine groups is 1. The molecule has 5 nitrogen and oxygen atoms in total. The highest BCUT2D eigenvalue weighted by atomic mass is 79.9. The molecule has 1 atom stereocenters. The van der Waals surface area contributed by atoms with Gasteiger partial charge in [-0.05, 0) is 49.2 Å². The van der Waals surface area contributed by atoms with E-state index in [1.165, 1.54) is 17.8 Å². The average molecular weight is 464 g/mol. The molecule has 0 saturated carbocycles. The second-order valence-corrected chi connectivity index (χ2v) is 9.04. The third-order valence-corrected chi connectivity index (χ3v) is 6.25. The number of nitrogens with two attached hydrogens (primary N) is 1. The fraction of sp³-hybridized carbons (Fsp3) is 0.300. The molecule has 28 heavy (non-hydrogen) atoms. The first-order chi connectivity index (χ1) is 13.4. The molecular formula is C20H19BrFN3O2S. The number of thioether (sulfide) groups is 1. The van der Waals surface area contributed by atoms with E-state index >= 15 is 0 Å². The second-order valence-electron chi connectivity index (χ2n) is 7.01. The van der Waals surface area contributed by atoms with Gasteiger partial charge in [-0.15, -0.1) is 0 Å². The molecule has 0 spiro atoms. The number of ether oxygens (including phenoxy) is 1. The summed E-state index contributed by atoms with van der Waals surface area (Å²) in [5, 5.41) is 3.31. The van der Waals surface area contributed by atoms with Crippen LogP contribution in [0.25, 0.3) is 0 Å². The van der Waals surface area contributed by atoms with Crippen molar-refractivity contribution < 1.29 is 13.9 Å². The van der Waals surface area contributed by atoms with Gasteiger partial charge in [0.15, 0.2) is 5.17 Å². The van der Waals surface area contributed by atoms with Crippen LogP contribution >= 0.6 is 27.7 Å². The summed E-state index contributed by atoms with van der Waals surface area (Å²) >= 11 is 4.90. The van der Waals surface area contributed by atoms with E-state index in [1.807, 2.05) is 13.0 Å². The molecule has 2 heterocycles. The molecule has 2 aliphatic rings. The maximum Gasteiger partial charge on any atom is 0.259 e. The molecule has 2 aliphatic heterocycles. The van der Waals surface area contributed by atoms with Crippen LogP contribution in [0.4, 0.5) is 10.1 Å². The average Bonchev–Trinajstić information content (AvgIpc) is 3.10. The monoisotopic (exact) mass is 463 g/mol. The molecule has 3 N–H and O–H groups in total. The van der Waals surface area contributed by atoms with Crippen LogP contribution in [-0.2, 0) is 12.0 Å². The Labute approximate surface area is 175 Å². The van der Waals surface area contributed by atoms with E-state index in [0.717, 1.165) is 22.2 Å². The van der Waals surface area contributed by atoms with Gasteiger partial charge in [0.2, 0.25) is 0 Å². The minimum absolute atomic E-state index is 0.302. The lowest BCUT2D eigenvalue weighted by Crippen LogP contribution is -2.29. The molecular weight excluding hydrogens is 445 g/mol. The number of anilines is 1. The van der Waals surface area contributed by atoms with E-state index in [4.69, 9.17) is 10.5 Å². The van der Waals surface area contributed by atoms with Crippen molar-refractivity contribution in [3.63, 3.8) is 0 Å². The molecule has 2 aromatic carbocycles. The molecule has 1 amide bonds. The molecule has 4 rings (SSSR count). The maximum atomic E-state index is 14.6. The lowest BCUT2D eigenvalue weighted by molar-refractivity contribution is 0.102. The summed E-state index contributed by atoms with van der Waals surface area (Å²) in [4.78, 5) is 17.3. The van der Waals surface area contributed by atoms with Crippen molar-refractivity contribution in [2.75, 3.05) is 17.7 Å². The number of aliphatic imine (C=N–C) groups is 1. The first-order valence-electron chi connectivity index (χ1n) is 8.90. The molecule has 0 fully saturated rings. The van der Waals surface area contributed by atoms with E-state index in [2.05, 4.69) is 26.2 Å². The van der Waals surface area contributed by atoms with Gasteiger partial charge >= 0.3 is 0 Å². The Morgan fingerprint density at radius 3 is 3.00 bits per heavy atom. The van der Waals surface area contributed by atoms with Crippen molar-refractivity contribution in [1.82, 2.24) is 0 Å². The Hall–Kier alpha value is -2.06. The van der Waals surface area contributed by atoms with Crippen LogP contribution in [0.1, 0.15) is 34.8 Å². The second kappa shape index (κ2) is 7.40. The number of carbonyl (C=O) groups excluding carboxylic acids is 1. The Balaban J connectivity index is 1.65. The number of hydrogen-bond donors (Lipinski definition) is 2. The van der Waals surface area contributed by atoms with Crippen LogP contribution in [-0.4, -0.2) is 23.4 Å². The largest absolute Gasteiger partial charge is 0.492 e. The van der Waals surface area contributed by atoms with Gasteiger partial charge in [0.1, 0.15) is 11.6 Å². The Kier molecular flexibility index (Phi) is 5.09. The number of halogens is 2. The highest BCUT2D eigenvalue weighted by Gasteiger charge is 2.32. The summed E-state index contributed by atoms with van der Waals surface area (Å²) in [7, 11) is 0. The zero-order chi connectivity index (χ0) is 19.9. The minimum atomic E-state index is -0.750. The van der Waals surface area contributed by atoms with Gasteiger partial charge < -0.3 is 15.8 Å². The topological polar surface area (TPSA) is 76.7 Å². The van der Waals surface area contributed by atoms with Crippen LogP contribution < -0.4 is 15.8 Å². The normalized spacial score (nSPS) is 20.9. The molecule has 2 aromatic rings. The summed E-state index contributed by atoms with van der Waals surface area (Å²) in [5.74, 6) is 0.709. The lowest BCUT2D eigenvalue weighted by Gasteiger charge is -2.30. The summed E-state index contributed by atoms with van der Waals surface area (Å²) in [5.41, 5.74) is 7.48. The van der Waals surface area contributed by atoms with Crippen LogP contribution in [0.3, 0.4) is 0 Å². The van der Waals surface area contributed by atoms with Crippen molar-refractivity contribution >= 4 is 44.5 Å². The third kappa shape index (κ3) is 3.63. The highest BCUT2D eigenvalue weighted by molar-refractivity contribution is 9.10. The Morgan fingerprint density at radius 2 is 2.21 bits per heavy atom. The minimum Gasteiger partial charge on any atom is -0.492 e. The predicted octanol–water partition coefficient (Wildman–Crippen LogP) is 4.44. The van der Waals surface area contributed by atoms with E-state index in [1.54, 1.807) is 18.2 Å². The molecule has 1 unspecified atom stereocenters. The van der Waals surface area contributed by atoms with Gasteiger partial charge in [0.05, 0.1) is 17.7 Å². The number of amides is 1. The standard InChI is InChI=1S/C20H19BrFN3O2S/c1-20(5-7-28-19(23)25-20)15-10-13(2-3-16(15)22)24-18(26)14-9-12(21)8-11-4-6-27-17(11)14/h2-3,8-10H,4-7H2,1H3,(H2,23,25)(H,24,26). The van der Waals surface area contributed by atoms with Crippen molar-refractivity contribution in [3.05, 3.63) is 57.3 Å². The smallest absolute Gasteiger partial charge is 0.259 e. The van der Waals surface area contributed by atoms with Crippen molar-refractivity contribution in [3.8, 4) is 5.75 Å². The molecule has 0 radical (unpaired) electrons. The number of benzene rings is 2. The van der Waals surface area contributed by atoms with Crippen LogP contribution in [0.15, 0.2) is 39.8 Å². The maximum absolute atomic E-state index is 14.6. The van der Waals surface area contributed by atoms with Crippen molar-refractivity contribution in [1.29, 1.82) is 0 Å². The number of rotatable bonds is 3. The zero-order valence-electron chi connectivity index (χ0n) is 15.2. The Bertz CT molecular complexity index is 998. The van der Waals surface area contributed by atoms with E-state index in [0.29, 0.717) is 40.8 Å². The molecule has 0 aliphatic carbocycles. The summed E-state index contributed by atoms with van der Waals surface area (Å²) < 4.78 is 21.0. The van der Waals surface area contributed by atoms with Gasteiger partial charge in [0, 0.05) is 27.9 Å². The summed E-state index contributed by atoms with van der Waals surface area (Å²) in [6, 6.07) is 8.22. The Morgan fingerprint density at radius 1 is 1.39 bits per heavy atom. The first-order valence-corrected chi connectivity index (χ1v) is 10.7. The fourth-order valence-electron chi connectivity index (χ4n) is 3.53. The zero-order valence-corrected chi connectivity index (χ0v) is 17.6. The number of hydrogen-bond acceptors (Lipinski definition) is 5. The molecule has 8 heteroatoms. The van der Waals surface area contributed by atoms with Gasteiger partial charge in [-0.25, -0.2) is 4.39 Å². The van der Waals surface area contributed by atoms with Crippen molar-refractivity contribution in [2.45, 2.75) is 25.3 Å². The fourth-order valence-corrected chi connectivity index (χ4v) is 5.01. The summed E-state index contributed by atoms with van der Waals surface area (Å²) in [6.45, 7) is 2.42. The quantitative estimate of drug-likeness (QED) is 0.704. The first kappa shape index (κ1) is 19.3. The van der Waals surface area contributed by atoms with Crippen LogP contribution in [0.5, 0.6) is 5.75 Å². The van der Waals surface area contributed by atoms with E-state index < -0.39 is 5.54 Å². The molecule has 146 valence electrons. The molecule has 0 saturated heterocycles. The molecule has 0 aromatic heterocycles. The van der Waals surface area contributed by atoms with Crippen LogP contribution in [0.2, 0.25) is 0 Å². The van der Waals surface area contributed by atoms with Crippen LogP contribution in [0, 0.1) is 5.82 Å². The predicted molar refractivity (Wildman–Crippen MR) is 114 cm³/mol. The van der Waals surface area contributed by atoms with Gasteiger partial charge in [-0.3, -0.25) is 9.79 Å². The van der Waals surface area contributed by atoms with E-state index in [9.17, 15) is 9.18 Å². The van der Waals surface area contributed by atoms with Gasteiger partial charge in [0.25, 0.3) is 5.91 Å². The number of carbonyl (C=O) groups is 1. The lowest BCUT2D eigenvalue weighted by atomic mass is 9.89. The highest BCUT2D eigenvalue weighted by Crippen LogP contribution is 2.38. The van der Waals surface area contributed by atoms with Gasteiger partial charge in [-0.2, -0.15) is 0 Å². The van der Waals surface area contributed by atoms with Crippen molar-refractivity contribution in [2.24, 2.45) is 10.7 Å². The van der Waals surface area contributed by atoms with E-state index in [-0.39, 0.29) is 11.7 Å². The SMILES string of the molecule is CC1(c2cc(NC(=O)c3cc(Br)cc4c3OCC4)ccc2F)CCSC(N)=N1. The van der Waals surface area contributed by atoms with Gasteiger partial charge in [-0.1, -0.05) is 27.7 Å². The third-order valence-electron chi connectivity index (χ3n) is 4.99. The number of fused-ring (bicyclic) bond motifs is 1. The number of nitrogens with one attached hydrogen (secondary N) is 1. The number of nitrogens with zero attached hydrogens (tertiary/aromatic N) is 1. The molecule has 0 bridgehead atoms.